The summed E-state index contributed by atoms with van der Waals surface area (Å²) in [6, 6.07) is 5.31. The molecule has 186 valence electrons. The maximum Gasteiger partial charge on any atom is 0.278 e. The van der Waals surface area contributed by atoms with E-state index in [-0.39, 0.29) is 34.3 Å². The Morgan fingerprint density at radius 1 is 1.17 bits per heavy atom. The number of rotatable bonds is 9. The van der Waals surface area contributed by atoms with Crippen molar-refractivity contribution >= 4 is 56.2 Å². The summed E-state index contributed by atoms with van der Waals surface area (Å²) >= 11 is 5.91. The molecule has 0 radical (unpaired) electrons. The number of halogens is 2. The molecular formula is C21H23ClFN7O4S. The Balaban J connectivity index is 2.09. The Hall–Kier alpha value is -3.55. The number of sulfonamides is 1. The second kappa shape index (κ2) is 10.8. The highest BCUT2D eigenvalue weighted by molar-refractivity contribution is 7.92. The fraction of sp³-hybridized carbons (Fsp3) is 0.238. The Morgan fingerprint density at radius 2 is 1.91 bits per heavy atom. The van der Waals surface area contributed by atoms with Crippen LogP contribution in [0.15, 0.2) is 36.7 Å². The molecule has 0 aliphatic heterocycles. The van der Waals surface area contributed by atoms with E-state index >= 15 is 0 Å². The number of nitrogens with one attached hydrogen (secondary N) is 3. The summed E-state index contributed by atoms with van der Waals surface area (Å²) in [5.74, 6) is -0.127. The van der Waals surface area contributed by atoms with Crippen molar-refractivity contribution in [2.24, 2.45) is 0 Å². The molecule has 2 aromatic heterocycles. The van der Waals surface area contributed by atoms with Crippen molar-refractivity contribution in [2.75, 3.05) is 34.8 Å². The van der Waals surface area contributed by atoms with E-state index in [0.29, 0.717) is 17.5 Å². The average Bonchev–Trinajstić information content (AvgIpc) is 2.79. The molecule has 0 spiro atoms. The van der Waals surface area contributed by atoms with Crippen LogP contribution in [-0.4, -0.2) is 49.2 Å². The summed E-state index contributed by atoms with van der Waals surface area (Å²) in [6.45, 7) is 3.64. The van der Waals surface area contributed by atoms with Gasteiger partial charge in [0, 0.05) is 31.6 Å². The molecule has 3 rings (SSSR count). The van der Waals surface area contributed by atoms with Crippen molar-refractivity contribution in [1.29, 1.82) is 0 Å². The van der Waals surface area contributed by atoms with Crippen molar-refractivity contribution in [2.45, 2.75) is 13.8 Å². The highest BCUT2D eigenvalue weighted by Crippen LogP contribution is 2.35. The maximum absolute atomic E-state index is 14.4. The Labute approximate surface area is 206 Å². The number of amides is 1. The zero-order valence-electron chi connectivity index (χ0n) is 19.3. The minimum absolute atomic E-state index is 0.0420. The molecule has 3 aromatic rings. The van der Waals surface area contributed by atoms with Crippen LogP contribution < -0.4 is 20.4 Å². The van der Waals surface area contributed by atoms with E-state index in [0.717, 1.165) is 16.6 Å². The monoisotopic (exact) mass is 523 g/mol. The average molecular weight is 524 g/mol. The molecule has 0 aliphatic carbocycles. The summed E-state index contributed by atoms with van der Waals surface area (Å²) in [6.07, 6.45) is 3.84. The summed E-state index contributed by atoms with van der Waals surface area (Å²) in [5.41, 5.74) is 2.60. The summed E-state index contributed by atoms with van der Waals surface area (Å²) in [5, 5.41) is 5.65. The van der Waals surface area contributed by atoms with E-state index in [1.54, 1.807) is 26.1 Å². The van der Waals surface area contributed by atoms with Crippen LogP contribution in [0.4, 0.5) is 33.1 Å². The fourth-order valence-corrected chi connectivity index (χ4v) is 3.54. The van der Waals surface area contributed by atoms with Gasteiger partial charge in [-0.05, 0) is 26.0 Å². The standard InChI is InChI=1S/C21H23ClFN7O4S/c1-5-34-29-21(31)13-11-25-20(28-19-6-7-24-12(2)26-19)10-16(13)27-17-9-15(23)14(22)8-18(17)30(3)35(4,32)33/h6-11H,5H2,1-4H3,(H,29,31)(H2,24,25,26,27,28). The molecule has 0 bridgehead atoms. The number of nitrogens with zero attached hydrogens (tertiary/aromatic N) is 4. The summed E-state index contributed by atoms with van der Waals surface area (Å²) in [7, 11) is -2.42. The van der Waals surface area contributed by atoms with Crippen LogP contribution in [0.2, 0.25) is 5.02 Å². The van der Waals surface area contributed by atoms with Gasteiger partial charge in [0.25, 0.3) is 5.91 Å². The molecule has 0 saturated carbocycles. The topological polar surface area (TPSA) is 138 Å². The first-order valence-corrected chi connectivity index (χ1v) is 12.4. The number of hydrogen-bond acceptors (Lipinski definition) is 9. The third-order valence-corrected chi connectivity index (χ3v) is 6.12. The number of carbonyl (C=O) groups excluding carboxylic acids is 1. The van der Waals surface area contributed by atoms with Gasteiger partial charge in [0.2, 0.25) is 10.0 Å². The van der Waals surface area contributed by atoms with Crippen molar-refractivity contribution in [1.82, 2.24) is 20.4 Å². The number of carbonyl (C=O) groups is 1. The molecule has 0 aliphatic rings. The van der Waals surface area contributed by atoms with Gasteiger partial charge in [-0.2, -0.15) is 0 Å². The largest absolute Gasteiger partial charge is 0.353 e. The first kappa shape index (κ1) is 26.1. The number of hydroxylamine groups is 1. The van der Waals surface area contributed by atoms with E-state index in [9.17, 15) is 17.6 Å². The van der Waals surface area contributed by atoms with Gasteiger partial charge in [-0.1, -0.05) is 11.6 Å². The van der Waals surface area contributed by atoms with Gasteiger partial charge in [-0.15, -0.1) is 0 Å². The number of hydrogen-bond donors (Lipinski definition) is 3. The number of pyridine rings is 1. The minimum atomic E-state index is -3.72. The van der Waals surface area contributed by atoms with Crippen LogP contribution in [-0.2, 0) is 14.9 Å². The van der Waals surface area contributed by atoms with Crippen LogP contribution in [0.5, 0.6) is 0 Å². The lowest BCUT2D eigenvalue weighted by atomic mass is 10.2. The maximum atomic E-state index is 14.4. The molecular weight excluding hydrogens is 501 g/mol. The first-order valence-electron chi connectivity index (χ1n) is 10.2. The molecule has 3 N–H and O–H groups in total. The van der Waals surface area contributed by atoms with Gasteiger partial charge >= 0.3 is 0 Å². The highest BCUT2D eigenvalue weighted by atomic mass is 35.5. The Bertz CT molecular complexity index is 1360. The molecule has 11 nitrogen and oxygen atoms in total. The van der Waals surface area contributed by atoms with E-state index in [2.05, 4.69) is 31.1 Å². The number of aryl methyl sites for hydroxylation is 1. The van der Waals surface area contributed by atoms with E-state index in [1.807, 2.05) is 0 Å². The smallest absolute Gasteiger partial charge is 0.278 e. The van der Waals surface area contributed by atoms with Crippen LogP contribution in [0, 0.1) is 12.7 Å². The van der Waals surface area contributed by atoms with Crippen LogP contribution in [0.25, 0.3) is 0 Å². The molecule has 14 heteroatoms. The molecule has 0 unspecified atom stereocenters. The summed E-state index contributed by atoms with van der Waals surface area (Å²) < 4.78 is 39.6. The van der Waals surface area contributed by atoms with E-state index in [1.165, 1.54) is 25.4 Å². The quantitative estimate of drug-likeness (QED) is 0.359. The second-order valence-electron chi connectivity index (χ2n) is 7.23. The van der Waals surface area contributed by atoms with Crippen LogP contribution >= 0.6 is 11.6 Å². The van der Waals surface area contributed by atoms with Crippen LogP contribution in [0.1, 0.15) is 23.1 Å². The SMILES string of the molecule is CCONC(=O)c1cnc(Nc2ccnc(C)n2)cc1Nc1cc(F)c(Cl)cc1N(C)S(C)(=O)=O. The normalized spacial score (nSPS) is 11.1. The van der Waals surface area contributed by atoms with Crippen LogP contribution in [0.3, 0.4) is 0 Å². The van der Waals surface area contributed by atoms with Gasteiger partial charge in [0.05, 0.1) is 40.5 Å². The van der Waals surface area contributed by atoms with Gasteiger partial charge in [-0.3, -0.25) is 13.9 Å². The zero-order chi connectivity index (χ0) is 25.8. The van der Waals surface area contributed by atoms with Gasteiger partial charge in [0.15, 0.2) is 0 Å². The molecule has 1 amide bonds. The molecule has 0 saturated heterocycles. The Morgan fingerprint density at radius 3 is 2.57 bits per heavy atom. The lowest BCUT2D eigenvalue weighted by Gasteiger charge is -2.22. The van der Waals surface area contributed by atoms with Gasteiger partial charge < -0.3 is 10.6 Å². The third-order valence-electron chi connectivity index (χ3n) is 4.63. The lowest BCUT2D eigenvalue weighted by molar-refractivity contribution is 0.0365. The lowest BCUT2D eigenvalue weighted by Crippen LogP contribution is -2.26. The van der Waals surface area contributed by atoms with Crippen molar-refractivity contribution in [3.63, 3.8) is 0 Å². The number of benzene rings is 1. The molecule has 35 heavy (non-hydrogen) atoms. The first-order chi connectivity index (χ1) is 16.5. The molecule has 2 heterocycles. The van der Waals surface area contributed by atoms with E-state index < -0.39 is 21.7 Å². The predicted molar refractivity (Wildman–Crippen MR) is 131 cm³/mol. The molecule has 0 fully saturated rings. The second-order valence-corrected chi connectivity index (χ2v) is 9.65. The van der Waals surface area contributed by atoms with Gasteiger partial charge in [-0.25, -0.2) is 33.2 Å². The van der Waals surface area contributed by atoms with Crippen molar-refractivity contribution in [3.05, 3.63) is 58.9 Å². The molecule has 0 atom stereocenters. The van der Waals surface area contributed by atoms with Crippen molar-refractivity contribution in [3.8, 4) is 0 Å². The number of anilines is 5. The minimum Gasteiger partial charge on any atom is -0.353 e. The third kappa shape index (κ3) is 6.53. The Kier molecular flexibility index (Phi) is 8.04. The fourth-order valence-electron chi connectivity index (χ4n) is 2.88. The predicted octanol–water partition coefficient (Wildman–Crippen LogP) is 3.54. The van der Waals surface area contributed by atoms with E-state index in [4.69, 9.17) is 16.4 Å². The number of aromatic nitrogens is 3. The van der Waals surface area contributed by atoms with Gasteiger partial charge in [0.1, 0.15) is 23.3 Å². The molecule has 1 aromatic carbocycles. The summed E-state index contributed by atoms with van der Waals surface area (Å²) in [4.78, 5) is 30.2. The highest BCUT2D eigenvalue weighted by Gasteiger charge is 2.21. The zero-order valence-corrected chi connectivity index (χ0v) is 20.8. The van der Waals surface area contributed by atoms with Crippen molar-refractivity contribution < 1.29 is 22.4 Å².